The SMILES string of the molecule is CCC(CO)(COCC(C)OC)COCC(C)OC. The molecule has 0 saturated heterocycles. The fraction of sp³-hybridized carbons (Fsp3) is 1.00. The highest BCUT2D eigenvalue weighted by Crippen LogP contribution is 2.22. The van der Waals surface area contributed by atoms with Gasteiger partial charge in [-0.15, -0.1) is 0 Å². The molecule has 19 heavy (non-hydrogen) atoms. The summed E-state index contributed by atoms with van der Waals surface area (Å²) in [5, 5.41) is 9.60. The molecule has 0 amide bonds. The Morgan fingerprint density at radius 1 is 0.947 bits per heavy atom. The van der Waals surface area contributed by atoms with E-state index in [1.165, 1.54) is 0 Å². The Morgan fingerprint density at radius 3 is 1.63 bits per heavy atom. The fourth-order valence-electron chi connectivity index (χ4n) is 1.47. The lowest BCUT2D eigenvalue weighted by atomic mass is 9.88. The minimum Gasteiger partial charge on any atom is -0.396 e. The van der Waals surface area contributed by atoms with Gasteiger partial charge in [0.2, 0.25) is 0 Å². The third kappa shape index (κ3) is 7.84. The third-order valence-electron chi connectivity index (χ3n) is 3.41. The number of methoxy groups -OCH3 is 2. The molecular formula is C14H30O5. The van der Waals surface area contributed by atoms with Gasteiger partial charge in [-0.25, -0.2) is 0 Å². The van der Waals surface area contributed by atoms with Gasteiger partial charge >= 0.3 is 0 Å². The summed E-state index contributed by atoms with van der Waals surface area (Å²) < 4.78 is 21.5. The Hall–Kier alpha value is -0.200. The van der Waals surface area contributed by atoms with E-state index in [-0.39, 0.29) is 24.2 Å². The van der Waals surface area contributed by atoms with Gasteiger partial charge in [-0.2, -0.15) is 0 Å². The lowest BCUT2D eigenvalue weighted by Crippen LogP contribution is -2.37. The van der Waals surface area contributed by atoms with E-state index in [1.54, 1.807) is 14.2 Å². The van der Waals surface area contributed by atoms with Crippen molar-refractivity contribution in [3.8, 4) is 0 Å². The molecular weight excluding hydrogens is 248 g/mol. The van der Waals surface area contributed by atoms with Crippen molar-refractivity contribution in [3.05, 3.63) is 0 Å². The van der Waals surface area contributed by atoms with Crippen LogP contribution in [0.5, 0.6) is 0 Å². The summed E-state index contributed by atoms with van der Waals surface area (Å²) in [6.07, 6.45) is 0.914. The van der Waals surface area contributed by atoms with Crippen molar-refractivity contribution in [2.24, 2.45) is 5.41 Å². The largest absolute Gasteiger partial charge is 0.396 e. The van der Waals surface area contributed by atoms with Crippen LogP contribution in [-0.4, -0.2) is 64.6 Å². The highest BCUT2D eigenvalue weighted by molar-refractivity contribution is 4.77. The van der Waals surface area contributed by atoms with Crippen molar-refractivity contribution in [2.45, 2.75) is 39.4 Å². The molecule has 5 heteroatoms. The highest BCUT2D eigenvalue weighted by Gasteiger charge is 2.28. The van der Waals surface area contributed by atoms with E-state index in [1.807, 2.05) is 20.8 Å². The summed E-state index contributed by atoms with van der Waals surface area (Å²) in [4.78, 5) is 0. The third-order valence-corrected chi connectivity index (χ3v) is 3.41. The number of ether oxygens (including phenoxy) is 4. The van der Waals surface area contributed by atoms with E-state index in [0.29, 0.717) is 26.4 Å². The van der Waals surface area contributed by atoms with Crippen molar-refractivity contribution in [1.29, 1.82) is 0 Å². The second-order valence-electron chi connectivity index (χ2n) is 5.13. The van der Waals surface area contributed by atoms with Crippen LogP contribution < -0.4 is 0 Å². The second-order valence-corrected chi connectivity index (χ2v) is 5.13. The lowest BCUT2D eigenvalue weighted by molar-refractivity contribution is -0.0830. The molecule has 0 aromatic carbocycles. The van der Waals surface area contributed by atoms with Crippen molar-refractivity contribution >= 4 is 0 Å². The topological polar surface area (TPSA) is 57.2 Å². The predicted molar refractivity (Wildman–Crippen MR) is 74.4 cm³/mol. The smallest absolute Gasteiger partial charge is 0.0776 e. The molecule has 116 valence electrons. The van der Waals surface area contributed by atoms with E-state index in [2.05, 4.69) is 0 Å². The predicted octanol–water partition coefficient (Wildman–Crippen LogP) is 1.48. The molecule has 0 rings (SSSR count). The first-order valence-corrected chi connectivity index (χ1v) is 6.85. The van der Waals surface area contributed by atoms with Gasteiger partial charge in [0, 0.05) is 19.6 Å². The molecule has 0 aliphatic heterocycles. The Labute approximate surface area is 117 Å². The van der Waals surface area contributed by atoms with Crippen LogP contribution in [0.3, 0.4) is 0 Å². The van der Waals surface area contributed by atoms with Gasteiger partial charge in [-0.05, 0) is 20.3 Å². The molecule has 5 nitrogen and oxygen atoms in total. The first kappa shape index (κ1) is 18.8. The molecule has 0 aliphatic rings. The van der Waals surface area contributed by atoms with Crippen LogP contribution in [0.25, 0.3) is 0 Å². The van der Waals surface area contributed by atoms with Gasteiger partial charge in [0.1, 0.15) is 0 Å². The van der Waals surface area contributed by atoms with Crippen molar-refractivity contribution in [1.82, 2.24) is 0 Å². The average molecular weight is 278 g/mol. The first-order chi connectivity index (χ1) is 9.03. The molecule has 0 aromatic heterocycles. The summed E-state index contributed by atoms with van der Waals surface area (Å²) >= 11 is 0. The van der Waals surface area contributed by atoms with Crippen LogP contribution in [0, 0.1) is 5.41 Å². The Morgan fingerprint density at radius 2 is 1.37 bits per heavy atom. The van der Waals surface area contributed by atoms with Gasteiger partial charge in [-0.1, -0.05) is 6.92 Å². The van der Waals surface area contributed by atoms with Crippen LogP contribution in [0.15, 0.2) is 0 Å². The van der Waals surface area contributed by atoms with Crippen LogP contribution in [-0.2, 0) is 18.9 Å². The number of hydrogen-bond acceptors (Lipinski definition) is 5. The molecule has 0 aromatic rings. The normalized spacial score (nSPS) is 18.0. The molecule has 0 fully saturated rings. The minimum atomic E-state index is -0.346. The van der Waals surface area contributed by atoms with Crippen LogP contribution in [0.1, 0.15) is 27.2 Å². The molecule has 0 aliphatic carbocycles. The summed E-state index contributed by atoms with van der Waals surface area (Å²) in [7, 11) is 3.31. The van der Waals surface area contributed by atoms with Crippen molar-refractivity contribution < 1.29 is 24.1 Å². The zero-order chi connectivity index (χ0) is 14.7. The molecule has 0 saturated carbocycles. The van der Waals surface area contributed by atoms with Gasteiger partial charge in [0.05, 0.1) is 45.2 Å². The highest BCUT2D eigenvalue weighted by atomic mass is 16.5. The maximum absolute atomic E-state index is 9.60. The van der Waals surface area contributed by atoms with E-state index >= 15 is 0 Å². The van der Waals surface area contributed by atoms with Crippen LogP contribution in [0.2, 0.25) is 0 Å². The number of rotatable bonds is 12. The molecule has 0 spiro atoms. The summed E-state index contributed by atoms with van der Waals surface area (Å²) in [5.74, 6) is 0. The summed E-state index contributed by atoms with van der Waals surface area (Å²) in [5.41, 5.74) is -0.346. The number of aliphatic hydroxyl groups is 1. The maximum Gasteiger partial charge on any atom is 0.0776 e. The van der Waals surface area contributed by atoms with E-state index in [9.17, 15) is 5.11 Å². The van der Waals surface area contributed by atoms with Gasteiger partial charge in [-0.3, -0.25) is 0 Å². The van der Waals surface area contributed by atoms with Crippen LogP contribution in [0.4, 0.5) is 0 Å². The molecule has 2 unspecified atom stereocenters. The Kier molecular flexibility index (Phi) is 10.5. The minimum absolute atomic E-state index is 0.0478. The average Bonchev–Trinajstić information content (AvgIpc) is 2.45. The summed E-state index contributed by atoms with van der Waals surface area (Å²) in [6.45, 7) is 7.95. The van der Waals surface area contributed by atoms with Gasteiger partial charge < -0.3 is 24.1 Å². The van der Waals surface area contributed by atoms with Gasteiger partial charge in [0.15, 0.2) is 0 Å². The standard InChI is InChI=1S/C14H30O5/c1-6-14(9-15,10-18-7-12(2)16-4)11-19-8-13(3)17-5/h12-13,15H,6-11H2,1-5H3. The molecule has 1 N–H and O–H groups in total. The Balaban J connectivity index is 4.10. The Bertz CT molecular complexity index is 188. The molecule has 0 radical (unpaired) electrons. The van der Waals surface area contributed by atoms with E-state index in [0.717, 1.165) is 6.42 Å². The van der Waals surface area contributed by atoms with E-state index in [4.69, 9.17) is 18.9 Å². The molecule has 0 heterocycles. The zero-order valence-corrected chi connectivity index (χ0v) is 13.0. The monoisotopic (exact) mass is 278 g/mol. The van der Waals surface area contributed by atoms with Crippen LogP contribution >= 0.6 is 0 Å². The van der Waals surface area contributed by atoms with Crippen molar-refractivity contribution in [2.75, 3.05) is 47.3 Å². The molecule has 0 bridgehead atoms. The lowest BCUT2D eigenvalue weighted by Gasteiger charge is -2.31. The maximum atomic E-state index is 9.60. The first-order valence-electron chi connectivity index (χ1n) is 6.85. The number of hydrogen-bond donors (Lipinski definition) is 1. The fourth-order valence-corrected chi connectivity index (χ4v) is 1.47. The van der Waals surface area contributed by atoms with E-state index < -0.39 is 0 Å². The second kappa shape index (κ2) is 10.6. The van der Waals surface area contributed by atoms with Crippen molar-refractivity contribution in [3.63, 3.8) is 0 Å². The number of aliphatic hydroxyl groups excluding tert-OH is 1. The van der Waals surface area contributed by atoms with Gasteiger partial charge in [0.25, 0.3) is 0 Å². The summed E-state index contributed by atoms with van der Waals surface area (Å²) in [6, 6.07) is 0. The quantitative estimate of drug-likeness (QED) is 0.586. The zero-order valence-electron chi connectivity index (χ0n) is 13.0. The molecule has 2 atom stereocenters.